The number of rotatable bonds is 5. The van der Waals surface area contributed by atoms with Crippen LogP contribution in [0.5, 0.6) is 0 Å². The number of aliphatic hydroxyl groups is 1. The zero-order chi connectivity index (χ0) is 17.8. The first-order valence-corrected chi connectivity index (χ1v) is 9.18. The van der Waals surface area contributed by atoms with Gasteiger partial charge in [-0.25, -0.2) is 9.97 Å². The minimum Gasteiger partial charge on any atom is -0.393 e. The molecule has 6 nitrogen and oxygen atoms in total. The van der Waals surface area contributed by atoms with Crippen molar-refractivity contribution in [3.05, 3.63) is 46.2 Å². The Balaban J connectivity index is 0.00000182. The number of halogens is 1. The van der Waals surface area contributed by atoms with Gasteiger partial charge in [0.25, 0.3) is 0 Å². The van der Waals surface area contributed by atoms with E-state index in [1.54, 1.807) is 24.4 Å². The van der Waals surface area contributed by atoms with E-state index in [-0.39, 0.29) is 26.5 Å². The van der Waals surface area contributed by atoms with E-state index in [4.69, 9.17) is 5.73 Å². The van der Waals surface area contributed by atoms with Crippen LogP contribution in [-0.4, -0.2) is 33.5 Å². The number of carbonyl (C=O) groups excluding carboxylic acids is 1. The monoisotopic (exact) mass is 408 g/mol. The second kappa shape index (κ2) is 7.93. The van der Waals surface area contributed by atoms with Crippen LogP contribution in [0.15, 0.2) is 34.9 Å². The summed E-state index contributed by atoms with van der Waals surface area (Å²) in [5.41, 5.74) is 6.44. The summed E-state index contributed by atoms with van der Waals surface area (Å²) < 4.78 is 0.686. The minimum absolute atomic E-state index is 0. The van der Waals surface area contributed by atoms with E-state index < -0.39 is 0 Å². The largest absolute Gasteiger partial charge is 0.393 e. The number of nitrogens with two attached hydrogens (primary N) is 1. The van der Waals surface area contributed by atoms with Crippen molar-refractivity contribution in [3.63, 3.8) is 0 Å². The van der Waals surface area contributed by atoms with Crippen molar-refractivity contribution < 1.29 is 12.8 Å². The van der Waals surface area contributed by atoms with Gasteiger partial charge in [0, 0.05) is 26.0 Å². The average molecular weight is 409 g/mol. The van der Waals surface area contributed by atoms with Gasteiger partial charge in [0.2, 0.25) is 5.78 Å². The Labute approximate surface area is 158 Å². The predicted octanol–water partition coefficient (Wildman–Crippen LogP) is 3.51. The molecule has 3 rings (SSSR count). The number of hydrogen-bond acceptors (Lipinski definition) is 6. The molecule has 0 unspecified atom stereocenters. The minimum atomic E-state index is -0.271. The second-order valence-electron chi connectivity index (χ2n) is 6.32. The SMILES string of the molecule is Nc1ncc(Br)cc1C(=O)c1cccc(NC[C@H]2CCCC[C@@H]2O)n1.[HH].[HH]. The number of nitrogens with one attached hydrogen (secondary N) is 1. The molecule has 0 spiro atoms. The van der Waals surface area contributed by atoms with Crippen molar-refractivity contribution in [3.8, 4) is 0 Å². The normalized spacial score (nSPS) is 20.2. The number of anilines is 2. The van der Waals surface area contributed by atoms with Crippen LogP contribution in [0.2, 0.25) is 0 Å². The summed E-state index contributed by atoms with van der Waals surface area (Å²) in [5.74, 6) is 0.747. The second-order valence-corrected chi connectivity index (χ2v) is 7.23. The van der Waals surface area contributed by atoms with Crippen LogP contribution in [0.1, 0.15) is 44.6 Å². The van der Waals surface area contributed by atoms with Gasteiger partial charge in [-0.3, -0.25) is 4.79 Å². The molecule has 0 aromatic carbocycles. The lowest BCUT2D eigenvalue weighted by Gasteiger charge is -2.27. The van der Waals surface area contributed by atoms with E-state index >= 15 is 0 Å². The van der Waals surface area contributed by atoms with Gasteiger partial charge in [0.05, 0.1) is 11.7 Å². The van der Waals surface area contributed by atoms with E-state index in [0.717, 1.165) is 25.7 Å². The molecule has 1 aliphatic carbocycles. The first kappa shape index (κ1) is 17.8. The van der Waals surface area contributed by atoms with Gasteiger partial charge in [-0.1, -0.05) is 18.9 Å². The highest BCUT2D eigenvalue weighted by molar-refractivity contribution is 9.10. The van der Waals surface area contributed by atoms with Crippen molar-refractivity contribution in [1.82, 2.24) is 9.97 Å². The van der Waals surface area contributed by atoms with Crippen molar-refractivity contribution in [2.75, 3.05) is 17.6 Å². The zero-order valence-corrected chi connectivity index (χ0v) is 15.4. The number of nitrogens with zero attached hydrogens (tertiary/aromatic N) is 2. The predicted molar refractivity (Wildman–Crippen MR) is 105 cm³/mol. The molecule has 0 bridgehead atoms. The number of ketones is 1. The van der Waals surface area contributed by atoms with Gasteiger partial charge in [0.1, 0.15) is 17.3 Å². The first-order valence-electron chi connectivity index (χ1n) is 8.39. The Hall–Kier alpha value is -1.99. The summed E-state index contributed by atoms with van der Waals surface area (Å²) in [7, 11) is 0. The number of hydrogen-bond donors (Lipinski definition) is 3. The summed E-state index contributed by atoms with van der Waals surface area (Å²) in [4.78, 5) is 21.0. The summed E-state index contributed by atoms with van der Waals surface area (Å²) in [6.45, 7) is 0.645. The van der Waals surface area contributed by atoms with Gasteiger partial charge >= 0.3 is 0 Å². The number of pyridine rings is 2. The van der Waals surface area contributed by atoms with Crippen LogP contribution in [0.3, 0.4) is 0 Å². The van der Waals surface area contributed by atoms with Gasteiger partial charge in [0.15, 0.2) is 0 Å². The van der Waals surface area contributed by atoms with Gasteiger partial charge in [-0.15, -0.1) is 0 Å². The fourth-order valence-electron chi connectivity index (χ4n) is 3.09. The number of aromatic nitrogens is 2. The quantitative estimate of drug-likeness (QED) is 0.654. The highest BCUT2D eigenvalue weighted by Gasteiger charge is 2.23. The van der Waals surface area contributed by atoms with E-state index in [9.17, 15) is 9.90 Å². The molecule has 25 heavy (non-hydrogen) atoms. The maximum Gasteiger partial charge on any atom is 0.215 e. The third-order valence-electron chi connectivity index (χ3n) is 4.53. The standard InChI is InChI=1S/C18H21BrN4O2.2H2/c19-12-8-13(18(20)22-10-12)17(25)14-5-3-7-16(23-14)21-9-11-4-1-2-6-15(11)24;;/h3,5,7-8,10-11,15,24H,1-2,4,6,9H2,(H2,20,22)(H,21,23);2*1H/t11-,15+;;/m1../s1. The van der Waals surface area contributed by atoms with E-state index in [1.807, 2.05) is 6.07 Å². The fraction of sp³-hybridized carbons (Fsp3) is 0.389. The van der Waals surface area contributed by atoms with Gasteiger partial charge in [-0.2, -0.15) is 0 Å². The molecule has 1 fully saturated rings. The molecular weight excluding hydrogens is 384 g/mol. The molecule has 0 amide bonds. The molecular formula is C18H25BrN4O2. The third-order valence-corrected chi connectivity index (χ3v) is 4.96. The van der Waals surface area contributed by atoms with E-state index in [1.165, 1.54) is 0 Å². The molecule has 2 aromatic rings. The van der Waals surface area contributed by atoms with E-state index in [2.05, 4.69) is 31.2 Å². The molecule has 1 saturated carbocycles. The summed E-state index contributed by atoms with van der Waals surface area (Å²) in [5, 5.41) is 13.3. The Morgan fingerprint density at radius 1 is 1.40 bits per heavy atom. The topological polar surface area (TPSA) is 101 Å². The molecule has 0 radical (unpaired) electrons. The highest BCUT2D eigenvalue weighted by Crippen LogP contribution is 2.25. The van der Waals surface area contributed by atoms with Crippen molar-refractivity contribution >= 4 is 33.3 Å². The highest BCUT2D eigenvalue weighted by atomic mass is 79.9. The van der Waals surface area contributed by atoms with Crippen molar-refractivity contribution in [2.45, 2.75) is 31.8 Å². The zero-order valence-electron chi connectivity index (χ0n) is 13.8. The molecule has 2 aromatic heterocycles. The average Bonchev–Trinajstić information content (AvgIpc) is 2.63. The van der Waals surface area contributed by atoms with Crippen LogP contribution in [0.25, 0.3) is 0 Å². The maximum atomic E-state index is 12.7. The molecule has 0 aliphatic heterocycles. The summed E-state index contributed by atoms with van der Waals surface area (Å²) in [6, 6.07) is 6.89. The number of aliphatic hydroxyl groups excluding tert-OH is 1. The molecule has 0 saturated heterocycles. The smallest absolute Gasteiger partial charge is 0.215 e. The number of nitrogen functional groups attached to an aromatic ring is 1. The Kier molecular flexibility index (Phi) is 5.65. The maximum absolute atomic E-state index is 12.7. The van der Waals surface area contributed by atoms with Crippen molar-refractivity contribution in [2.24, 2.45) is 5.92 Å². The Morgan fingerprint density at radius 3 is 3.00 bits per heavy atom. The molecule has 2 atom stereocenters. The van der Waals surface area contributed by atoms with Crippen LogP contribution >= 0.6 is 15.9 Å². The van der Waals surface area contributed by atoms with Gasteiger partial charge in [-0.05, 0) is 47.0 Å². The van der Waals surface area contributed by atoms with Crippen LogP contribution in [0.4, 0.5) is 11.6 Å². The van der Waals surface area contributed by atoms with Crippen LogP contribution in [-0.2, 0) is 0 Å². The van der Waals surface area contributed by atoms with Crippen LogP contribution < -0.4 is 11.1 Å². The Morgan fingerprint density at radius 2 is 2.20 bits per heavy atom. The first-order chi connectivity index (χ1) is 12.0. The van der Waals surface area contributed by atoms with Crippen molar-refractivity contribution in [1.29, 1.82) is 0 Å². The molecule has 1 aliphatic rings. The lowest BCUT2D eigenvalue weighted by molar-refractivity contribution is 0.0763. The van der Waals surface area contributed by atoms with E-state index in [0.29, 0.717) is 28.1 Å². The van der Waals surface area contributed by atoms with Crippen LogP contribution in [0, 0.1) is 5.92 Å². The molecule has 136 valence electrons. The molecule has 2 heterocycles. The third kappa shape index (κ3) is 4.35. The number of carbonyl (C=O) groups is 1. The van der Waals surface area contributed by atoms with Gasteiger partial charge < -0.3 is 16.2 Å². The lowest BCUT2D eigenvalue weighted by Crippen LogP contribution is -2.30. The fourth-order valence-corrected chi connectivity index (χ4v) is 3.42. The summed E-state index contributed by atoms with van der Waals surface area (Å²) >= 11 is 3.30. The Bertz CT molecular complexity index is 779. The molecule has 4 N–H and O–H groups in total. The lowest BCUT2D eigenvalue weighted by atomic mass is 9.86. The molecule has 7 heteroatoms. The summed E-state index contributed by atoms with van der Waals surface area (Å²) in [6.07, 6.45) is 5.37.